The van der Waals surface area contributed by atoms with E-state index in [9.17, 15) is 14.4 Å². The highest BCUT2D eigenvalue weighted by molar-refractivity contribution is 6.27. The van der Waals surface area contributed by atoms with Crippen LogP contribution in [0.3, 0.4) is 0 Å². The third-order valence-corrected chi connectivity index (χ3v) is 9.54. The summed E-state index contributed by atoms with van der Waals surface area (Å²) in [5.74, 6) is -0.0927. The van der Waals surface area contributed by atoms with Crippen LogP contribution in [0.4, 0.5) is 17.1 Å². The van der Waals surface area contributed by atoms with Crippen molar-refractivity contribution in [3.63, 3.8) is 0 Å². The van der Waals surface area contributed by atoms with Crippen molar-refractivity contribution >= 4 is 45.6 Å². The van der Waals surface area contributed by atoms with Gasteiger partial charge in [0.1, 0.15) is 18.4 Å². The number of carbonyl (C=O) groups excluding carboxylic acids is 3. The Morgan fingerprint density at radius 1 is 0.933 bits per heavy atom. The summed E-state index contributed by atoms with van der Waals surface area (Å²) in [6, 6.07) is 23.9. The number of nitrogens with zero attached hydrogens (tertiary/aromatic N) is 4. The lowest BCUT2D eigenvalue weighted by molar-refractivity contribution is -0.134. The fourth-order valence-corrected chi connectivity index (χ4v) is 7.33. The predicted molar refractivity (Wildman–Crippen MR) is 171 cm³/mol. The van der Waals surface area contributed by atoms with Gasteiger partial charge < -0.3 is 9.64 Å². The van der Waals surface area contributed by atoms with Gasteiger partial charge in [-0.2, -0.15) is 0 Å². The molecule has 0 bridgehead atoms. The summed E-state index contributed by atoms with van der Waals surface area (Å²) in [5, 5.41) is 4.28. The normalized spacial score (nSPS) is 20.8. The third-order valence-electron chi connectivity index (χ3n) is 9.54. The lowest BCUT2D eigenvalue weighted by atomic mass is 9.95. The van der Waals surface area contributed by atoms with Gasteiger partial charge in [-0.05, 0) is 59.2 Å². The van der Waals surface area contributed by atoms with Crippen LogP contribution in [-0.4, -0.2) is 60.9 Å². The van der Waals surface area contributed by atoms with Crippen LogP contribution >= 0.6 is 0 Å². The number of imide groups is 1. The minimum atomic E-state index is -0.688. The minimum absolute atomic E-state index is 0.189. The second kappa shape index (κ2) is 10.8. The van der Waals surface area contributed by atoms with Gasteiger partial charge in [0.25, 0.3) is 5.91 Å². The standard InChI is InChI=1S/C36H31N5O4/c1-37-25-10-12-29-32(18-25)45-21-26-20-39(15-16-40(26)29)19-23-7-5-22(6-8-23)17-24-9-11-30-34-27(24)3-2-4-28(34)36(44)41(30)31-13-14-33(42)38-35(31)43/h2-12,18,26,31H,13-17,19-21H2,(H,38,42,43)/t26-,31?/m1/s1. The number of hydrogen-bond acceptors (Lipinski definition) is 6. The summed E-state index contributed by atoms with van der Waals surface area (Å²) in [6.07, 6.45) is 1.27. The van der Waals surface area contributed by atoms with Gasteiger partial charge in [0.2, 0.25) is 11.8 Å². The molecular weight excluding hydrogens is 566 g/mol. The van der Waals surface area contributed by atoms with Crippen LogP contribution in [0, 0.1) is 6.57 Å². The molecule has 9 heteroatoms. The maximum atomic E-state index is 13.5. The number of amides is 3. The molecule has 224 valence electrons. The number of carbonyl (C=O) groups is 3. The number of nitrogens with one attached hydrogen (secondary N) is 1. The largest absolute Gasteiger partial charge is 0.491 e. The van der Waals surface area contributed by atoms with Gasteiger partial charge in [-0.3, -0.25) is 29.5 Å². The second-order valence-electron chi connectivity index (χ2n) is 12.3. The average Bonchev–Trinajstić information content (AvgIpc) is 3.34. The van der Waals surface area contributed by atoms with Crippen LogP contribution in [0.1, 0.15) is 39.9 Å². The fourth-order valence-electron chi connectivity index (χ4n) is 7.33. The molecule has 4 aromatic carbocycles. The molecule has 45 heavy (non-hydrogen) atoms. The minimum Gasteiger partial charge on any atom is -0.491 e. The number of piperidine rings is 1. The van der Waals surface area contributed by atoms with E-state index in [-0.39, 0.29) is 24.3 Å². The zero-order chi connectivity index (χ0) is 30.7. The Morgan fingerprint density at radius 3 is 2.58 bits per heavy atom. The molecule has 0 saturated carbocycles. The van der Waals surface area contributed by atoms with E-state index >= 15 is 0 Å². The highest BCUT2D eigenvalue weighted by Crippen LogP contribution is 2.42. The fraction of sp³-hybridized carbons (Fsp3) is 0.278. The number of fused-ring (bicyclic) bond motifs is 3. The van der Waals surface area contributed by atoms with E-state index < -0.39 is 11.9 Å². The molecule has 2 saturated heterocycles. The number of rotatable bonds is 5. The van der Waals surface area contributed by atoms with E-state index in [4.69, 9.17) is 11.3 Å². The molecule has 2 fully saturated rings. The smallest absolute Gasteiger partial charge is 0.259 e. The molecule has 4 aliphatic rings. The summed E-state index contributed by atoms with van der Waals surface area (Å²) in [7, 11) is 0. The van der Waals surface area contributed by atoms with E-state index in [0.29, 0.717) is 24.3 Å². The molecule has 9 nitrogen and oxygen atoms in total. The van der Waals surface area contributed by atoms with Crippen molar-refractivity contribution in [3.05, 3.63) is 106 Å². The topological polar surface area (TPSA) is 86.5 Å². The van der Waals surface area contributed by atoms with Gasteiger partial charge in [-0.15, -0.1) is 0 Å². The summed E-state index contributed by atoms with van der Waals surface area (Å²) in [5.41, 5.74) is 6.60. The van der Waals surface area contributed by atoms with E-state index in [2.05, 4.69) is 50.3 Å². The molecule has 0 radical (unpaired) electrons. The van der Waals surface area contributed by atoms with E-state index in [1.165, 1.54) is 11.1 Å². The van der Waals surface area contributed by atoms with Crippen molar-refractivity contribution in [1.29, 1.82) is 0 Å². The first-order valence-corrected chi connectivity index (χ1v) is 15.4. The van der Waals surface area contributed by atoms with Crippen molar-refractivity contribution in [2.45, 2.75) is 37.9 Å². The summed E-state index contributed by atoms with van der Waals surface area (Å²) < 4.78 is 6.04. The first kappa shape index (κ1) is 27.4. The number of piperazine rings is 1. The Labute approximate surface area is 260 Å². The van der Waals surface area contributed by atoms with Crippen LogP contribution in [0.15, 0.2) is 72.8 Å². The van der Waals surface area contributed by atoms with E-state index in [0.717, 1.165) is 66.1 Å². The first-order valence-electron chi connectivity index (χ1n) is 15.4. The maximum Gasteiger partial charge on any atom is 0.259 e. The van der Waals surface area contributed by atoms with Crippen LogP contribution < -0.4 is 19.9 Å². The number of anilines is 2. The predicted octanol–water partition coefficient (Wildman–Crippen LogP) is 4.83. The van der Waals surface area contributed by atoms with Crippen LogP contribution in [0.5, 0.6) is 5.75 Å². The molecule has 1 N–H and O–H groups in total. The molecule has 0 aromatic heterocycles. The van der Waals surface area contributed by atoms with E-state index in [1.54, 1.807) is 4.90 Å². The first-order chi connectivity index (χ1) is 22.0. The second-order valence-corrected chi connectivity index (χ2v) is 12.3. The summed E-state index contributed by atoms with van der Waals surface area (Å²) >= 11 is 0. The van der Waals surface area contributed by atoms with Crippen molar-refractivity contribution in [2.24, 2.45) is 0 Å². The Morgan fingerprint density at radius 2 is 1.76 bits per heavy atom. The molecule has 1 unspecified atom stereocenters. The van der Waals surface area contributed by atoms with Crippen molar-refractivity contribution in [2.75, 3.05) is 36.0 Å². The maximum absolute atomic E-state index is 13.5. The molecule has 0 aliphatic carbocycles. The Kier molecular flexibility index (Phi) is 6.54. The Bertz CT molecular complexity index is 1930. The van der Waals surface area contributed by atoms with Gasteiger partial charge in [0.05, 0.1) is 24.0 Å². The molecule has 4 heterocycles. The zero-order valence-electron chi connectivity index (χ0n) is 24.7. The molecule has 4 aromatic rings. The number of benzene rings is 4. The highest BCUT2D eigenvalue weighted by Gasteiger charge is 2.41. The third kappa shape index (κ3) is 4.69. The van der Waals surface area contributed by atoms with Crippen molar-refractivity contribution < 1.29 is 19.1 Å². The lowest BCUT2D eigenvalue weighted by Crippen LogP contribution is -2.56. The van der Waals surface area contributed by atoms with Gasteiger partial charge in [-0.1, -0.05) is 48.5 Å². The molecular formula is C36H31N5O4. The summed E-state index contributed by atoms with van der Waals surface area (Å²) in [4.78, 5) is 47.8. The molecule has 4 aliphatic heterocycles. The zero-order valence-corrected chi connectivity index (χ0v) is 24.7. The Hall–Kier alpha value is -5.20. The quantitative estimate of drug-likeness (QED) is 0.262. The number of hydrogen-bond donors (Lipinski definition) is 1. The summed E-state index contributed by atoms with van der Waals surface area (Å²) in [6.45, 7) is 11.6. The van der Waals surface area contributed by atoms with Crippen LogP contribution in [-0.2, 0) is 22.6 Å². The van der Waals surface area contributed by atoms with Crippen LogP contribution in [0.25, 0.3) is 15.6 Å². The van der Waals surface area contributed by atoms with Crippen molar-refractivity contribution in [1.82, 2.24) is 10.2 Å². The van der Waals surface area contributed by atoms with Gasteiger partial charge >= 0.3 is 0 Å². The Balaban J connectivity index is 0.963. The van der Waals surface area contributed by atoms with Gasteiger partial charge in [-0.25, -0.2) is 4.85 Å². The molecule has 2 atom stereocenters. The van der Waals surface area contributed by atoms with Gasteiger partial charge in [0, 0.05) is 43.5 Å². The molecule has 0 spiro atoms. The lowest BCUT2D eigenvalue weighted by Gasteiger charge is -2.45. The van der Waals surface area contributed by atoms with Crippen LogP contribution in [0.2, 0.25) is 0 Å². The van der Waals surface area contributed by atoms with E-state index in [1.807, 2.05) is 42.5 Å². The van der Waals surface area contributed by atoms with Gasteiger partial charge in [0.15, 0.2) is 5.69 Å². The number of ether oxygens (including phenoxy) is 1. The highest BCUT2D eigenvalue weighted by atomic mass is 16.5. The molecule has 8 rings (SSSR count). The monoisotopic (exact) mass is 597 g/mol. The van der Waals surface area contributed by atoms with Crippen molar-refractivity contribution in [3.8, 4) is 5.75 Å². The molecule has 3 amide bonds. The SMILES string of the molecule is [C-]#[N+]c1ccc2c(c1)OC[C@H]1CN(Cc3ccc(Cc4ccc5c6c(cccc46)C(=O)N5C4CCC(=O)NC4=O)cc3)CCN21. The average molecular weight is 598 g/mol.